The molecule has 2 amide bonds. The fraction of sp³-hybridized carbons (Fsp3) is 0.409. The number of hydrogen-bond acceptors (Lipinski definition) is 3. The molecule has 3 rings (SSSR count). The van der Waals surface area contributed by atoms with Gasteiger partial charge in [-0.05, 0) is 43.0 Å². The Labute approximate surface area is 160 Å². The summed E-state index contributed by atoms with van der Waals surface area (Å²) in [5, 5.41) is 3.03. The monoisotopic (exact) mass is 366 g/mol. The summed E-state index contributed by atoms with van der Waals surface area (Å²) in [5.74, 6) is -0.340. The maximum atomic E-state index is 13.1. The lowest BCUT2D eigenvalue weighted by atomic mass is 9.83. The molecule has 0 aromatic heterocycles. The number of carbonyl (C=O) groups is 3. The van der Waals surface area contributed by atoms with Crippen LogP contribution in [0.4, 0.5) is 5.69 Å². The van der Waals surface area contributed by atoms with Crippen LogP contribution < -0.4 is 5.32 Å². The minimum atomic E-state index is -0.560. The number of carbonyl (C=O) groups excluding carboxylic acids is 3. The van der Waals surface area contributed by atoms with Gasteiger partial charge in [-0.25, -0.2) is 0 Å². The second-order valence-electron chi connectivity index (χ2n) is 7.95. The van der Waals surface area contributed by atoms with Crippen LogP contribution in [0.5, 0.6) is 0 Å². The van der Waals surface area contributed by atoms with Gasteiger partial charge in [-0.15, -0.1) is 0 Å². The number of nitrogens with one attached hydrogen (secondary N) is 1. The van der Waals surface area contributed by atoms with Crippen LogP contribution in [0, 0.1) is 25.2 Å². The Morgan fingerprint density at radius 2 is 1.70 bits per heavy atom. The van der Waals surface area contributed by atoms with Gasteiger partial charge in [0.25, 0.3) is 0 Å². The number of hydrogen-bond donors (Lipinski definition) is 1. The number of rotatable bonds is 4. The van der Waals surface area contributed by atoms with Gasteiger partial charge < -0.3 is 10.2 Å². The van der Waals surface area contributed by atoms with E-state index >= 15 is 0 Å². The second-order valence-corrected chi connectivity index (χ2v) is 7.95. The number of likely N-dealkylation sites (tertiary alicyclic amines) is 1. The largest absolute Gasteiger partial charge is 0.329 e. The highest BCUT2D eigenvalue weighted by atomic mass is 16.2. The van der Waals surface area contributed by atoms with Gasteiger partial charge in [-0.3, -0.25) is 14.4 Å². The summed E-state index contributed by atoms with van der Waals surface area (Å²) in [5.41, 5.74) is 2.30. The molecule has 5 heteroatoms. The average Bonchev–Trinajstić information content (AvgIpc) is 2.90. The molecular formula is C22H26N2O3. The van der Waals surface area contributed by atoms with Crippen molar-refractivity contribution in [2.24, 2.45) is 11.3 Å². The highest BCUT2D eigenvalue weighted by molar-refractivity contribution is 6.02. The lowest BCUT2D eigenvalue weighted by Crippen LogP contribution is -2.48. The Bertz CT molecular complexity index is 815. The molecule has 142 valence electrons. The fourth-order valence-corrected chi connectivity index (χ4v) is 3.94. The van der Waals surface area contributed by atoms with E-state index in [1.54, 1.807) is 17.1 Å². The minimum Gasteiger partial charge on any atom is -0.329 e. The molecule has 1 N–H and O–H groups in total. The molecule has 5 nitrogen and oxygen atoms in total. The summed E-state index contributed by atoms with van der Waals surface area (Å²) in [6.45, 7) is 8.22. The molecule has 1 fully saturated rings. The molecule has 0 saturated carbocycles. The van der Waals surface area contributed by atoms with Gasteiger partial charge in [0, 0.05) is 24.1 Å². The molecule has 2 aliphatic rings. The van der Waals surface area contributed by atoms with Crippen molar-refractivity contribution in [2.75, 3.05) is 11.9 Å². The van der Waals surface area contributed by atoms with E-state index in [0.29, 0.717) is 6.54 Å². The zero-order valence-corrected chi connectivity index (χ0v) is 16.3. The molecule has 1 saturated heterocycles. The van der Waals surface area contributed by atoms with Gasteiger partial charge >= 0.3 is 0 Å². The summed E-state index contributed by atoms with van der Waals surface area (Å²) < 4.78 is 0. The smallest absolute Gasteiger partial charge is 0.247 e. The van der Waals surface area contributed by atoms with Crippen LogP contribution in [-0.4, -0.2) is 35.1 Å². The van der Waals surface area contributed by atoms with Crippen molar-refractivity contribution in [1.82, 2.24) is 4.90 Å². The van der Waals surface area contributed by atoms with Crippen molar-refractivity contribution in [2.45, 2.75) is 40.2 Å². The van der Waals surface area contributed by atoms with Crippen molar-refractivity contribution in [3.8, 4) is 0 Å². The first-order valence-corrected chi connectivity index (χ1v) is 9.31. The topological polar surface area (TPSA) is 66.5 Å². The highest BCUT2D eigenvalue weighted by Gasteiger charge is 2.45. The van der Waals surface area contributed by atoms with Crippen LogP contribution in [0.3, 0.4) is 0 Å². The third kappa shape index (κ3) is 3.72. The molecule has 1 atom stereocenters. The summed E-state index contributed by atoms with van der Waals surface area (Å²) in [4.78, 5) is 39.0. The second kappa shape index (κ2) is 7.14. The van der Waals surface area contributed by atoms with E-state index in [9.17, 15) is 14.4 Å². The van der Waals surface area contributed by atoms with Gasteiger partial charge in [0.15, 0.2) is 5.78 Å². The summed E-state index contributed by atoms with van der Waals surface area (Å²) in [7, 11) is 0. The number of ketones is 1. The van der Waals surface area contributed by atoms with Crippen LogP contribution in [0.15, 0.2) is 42.5 Å². The molecule has 1 spiro atoms. The van der Waals surface area contributed by atoms with E-state index in [4.69, 9.17) is 0 Å². The number of amides is 2. The molecule has 1 aromatic rings. The average molecular weight is 366 g/mol. The molecule has 1 heterocycles. The molecule has 27 heavy (non-hydrogen) atoms. The molecule has 1 aromatic carbocycles. The number of para-hydroxylation sites is 1. The van der Waals surface area contributed by atoms with E-state index in [1.165, 1.54) is 12.2 Å². The van der Waals surface area contributed by atoms with Crippen LogP contribution in [0.1, 0.15) is 31.4 Å². The SMILES string of the molecule is Cc1cccc(C)c1NC(=O)C(C(C)C)N1CC2(C=CC(=O)C=C2)CC1=O. The zero-order valence-electron chi connectivity index (χ0n) is 16.3. The number of allylic oxidation sites excluding steroid dienone is 2. The van der Waals surface area contributed by atoms with E-state index < -0.39 is 11.5 Å². The maximum Gasteiger partial charge on any atom is 0.247 e. The van der Waals surface area contributed by atoms with Gasteiger partial charge in [0.2, 0.25) is 11.8 Å². The van der Waals surface area contributed by atoms with Crippen LogP contribution in [-0.2, 0) is 14.4 Å². The zero-order chi connectivity index (χ0) is 19.8. The fourth-order valence-electron chi connectivity index (χ4n) is 3.94. The normalized spacial score (nSPS) is 19.2. The standard InChI is InChI=1S/C22H26N2O3/c1-14(2)20(21(27)23-19-15(3)6-5-7-16(19)4)24-13-22(12-18(24)26)10-8-17(25)9-11-22/h5-11,14,20H,12-13H2,1-4H3,(H,23,27). The van der Waals surface area contributed by atoms with Gasteiger partial charge in [-0.2, -0.15) is 0 Å². The Balaban J connectivity index is 1.84. The number of aryl methyl sites for hydroxylation is 2. The van der Waals surface area contributed by atoms with Crippen LogP contribution in [0.2, 0.25) is 0 Å². The van der Waals surface area contributed by atoms with Crippen LogP contribution >= 0.6 is 0 Å². The predicted octanol–water partition coefficient (Wildman–Crippen LogP) is 3.18. The highest BCUT2D eigenvalue weighted by Crippen LogP contribution is 2.38. The Morgan fingerprint density at radius 3 is 2.26 bits per heavy atom. The van der Waals surface area contributed by atoms with Crippen molar-refractivity contribution >= 4 is 23.3 Å². The predicted molar refractivity (Wildman–Crippen MR) is 105 cm³/mol. The van der Waals surface area contributed by atoms with Gasteiger partial charge in [0.05, 0.1) is 0 Å². The molecule has 0 bridgehead atoms. The Hall–Kier alpha value is -2.69. The molecule has 0 radical (unpaired) electrons. The van der Waals surface area contributed by atoms with Crippen LogP contribution in [0.25, 0.3) is 0 Å². The third-order valence-electron chi connectivity index (χ3n) is 5.39. The number of anilines is 1. The van der Waals surface area contributed by atoms with E-state index in [1.807, 2.05) is 45.9 Å². The first kappa shape index (κ1) is 19.1. The van der Waals surface area contributed by atoms with Crippen molar-refractivity contribution < 1.29 is 14.4 Å². The minimum absolute atomic E-state index is 0.0355. The lowest BCUT2D eigenvalue weighted by molar-refractivity contribution is -0.136. The van der Waals surface area contributed by atoms with E-state index in [-0.39, 0.29) is 29.9 Å². The van der Waals surface area contributed by atoms with Gasteiger partial charge in [-0.1, -0.05) is 44.2 Å². The van der Waals surface area contributed by atoms with Gasteiger partial charge in [0.1, 0.15) is 6.04 Å². The summed E-state index contributed by atoms with van der Waals surface area (Å²) in [6.07, 6.45) is 6.91. The molecule has 1 aliphatic carbocycles. The summed E-state index contributed by atoms with van der Waals surface area (Å²) >= 11 is 0. The molecule has 1 aliphatic heterocycles. The Kier molecular flexibility index (Phi) is 5.05. The molecule has 1 unspecified atom stereocenters. The Morgan fingerprint density at radius 1 is 1.11 bits per heavy atom. The van der Waals surface area contributed by atoms with Crippen molar-refractivity contribution in [1.29, 1.82) is 0 Å². The number of benzene rings is 1. The first-order chi connectivity index (χ1) is 12.7. The maximum absolute atomic E-state index is 13.1. The first-order valence-electron chi connectivity index (χ1n) is 9.31. The molecular weight excluding hydrogens is 340 g/mol. The quantitative estimate of drug-likeness (QED) is 0.890. The van der Waals surface area contributed by atoms with E-state index in [0.717, 1.165) is 16.8 Å². The number of nitrogens with zero attached hydrogens (tertiary/aromatic N) is 1. The van der Waals surface area contributed by atoms with Crippen molar-refractivity contribution in [3.63, 3.8) is 0 Å². The summed E-state index contributed by atoms with van der Waals surface area (Å²) in [6, 6.07) is 5.31. The third-order valence-corrected chi connectivity index (χ3v) is 5.39. The lowest BCUT2D eigenvalue weighted by Gasteiger charge is -2.32. The van der Waals surface area contributed by atoms with E-state index in [2.05, 4.69) is 5.32 Å². The van der Waals surface area contributed by atoms with Crippen molar-refractivity contribution in [3.05, 3.63) is 53.6 Å².